The molecule has 0 aromatic heterocycles. The lowest BCUT2D eigenvalue weighted by Crippen LogP contribution is -2.39. The highest BCUT2D eigenvalue weighted by molar-refractivity contribution is 7.80. The molecule has 9 heteroatoms. The van der Waals surface area contributed by atoms with Gasteiger partial charge in [0, 0.05) is 20.1 Å². The van der Waals surface area contributed by atoms with Crippen LogP contribution in [0.2, 0.25) is 0 Å². The van der Waals surface area contributed by atoms with Gasteiger partial charge >= 0.3 is 6.09 Å². The van der Waals surface area contributed by atoms with E-state index < -0.39 is 6.09 Å². The number of nitrogens with zero attached hydrogens (tertiary/aromatic N) is 3. The molecule has 2 aliphatic rings. The molecule has 2 N–H and O–H groups in total. The van der Waals surface area contributed by atoms with E-state index in [0.717, 1.165) is 12.0 Å². The van der Waals surface area contributed by atoms with Crippen molar-refractivity contribution in [1.29, 1.82) is 0 Å². The van der Waals surface area contributed by atoms with E-state index in [1.807, 2.05) is 11.8 Å². The molecule has 0 radical (unpaired) electrons. The number of anilines is 2. The predicted molar refractivity (Wildman–Crippen MR) is 114 cm³/mol. The molecule has 154 valence electrons. The van der Waals surface area contributed by atoms with Crippen LogP contribution in [0.25, 0.3) is 4.85 Å². The molecule has 29 heavy (non-hydrogen) atoms. The molecule has 1 aromatic carbocycles. The molecule has 1 aromatic rings. The van der Waals surface area contributed by atoms with Crippen molar-refractivity contribution in [2.24, 2.45) is 5.92 Å². The number of piperidine rings is 1. The first-order chi connectivity index (χ1) is 13.9. The minimum Gasteiger partial charge on any atom is -0.442 e. The van der Waals surface area contributed by atoms with Crippen molar-refractivity contribution in [3.05, 3.63) is 47.2 Å². The standard InChI is InChI=1S/C20H24FN5O2S/c1-13-11-25(7-6-14(13)9-22-2)18-5-4-15(8-17(18)21)26-12-16(28-20(26)27)10-24-19(29)23-3/h4-5,8-9,13,16H,6-7,10-12H2,1,3H3,(H2,23,24,29)/t13?,16-/m0/s1. The number of hydrogen-bond acceptors (Lipinski definition) is 4. The first kappa shape index (κ1) is 20.9. The zero-order valence-corrected chi connectivity index (χ0v) is 17.3. The zero-order chi connectivity index (χ0) is 21.0. The lowest BCUT2D eigenvalue weighted by Gasteiger charge is -2.35. The second-order valence-electron chi connectivity index (χ2n) is 7.14. The van der Waals surface area contributed by atoms with Gasteiger partial charge in [-0.05, 0) is 42.8 Å². The Labute approximate surface area is 175 Å². The zero-order valence-electron chi connectivity index (χ0n) is 16.4. The number of ether oxygens (including phenoxy) is 1. The Morgan fingerprint density at radius 2 is 2.28 bits per heavy atom. The normalized spacial score (nSPS) is 23.0. The number of benzene rings is 1. The lowest BCUT2D eigenvalue weighted by molar-refractivity contribution is 0.143. The van der Waals surface area contributed by atoms with Gasteiger partial charge in [-0.3, -0.25) is 4.90 Å². The largest absolute Gasteiger partial charge is 0.442 e. The third-order valence-corrected chi connectivity index (χ3v) is 5.55. The molecule has 7 nitrogen and oxygen atoms in total. The number of carbonyl (C=O) groups is 1. The summed E-state index contributed by atoms with van der Waals surface area (Å²) in [7, 11) is 1.71. The van der Waals surface area contributed by atoms with Gasteiger partial charge in [-0.1, -0.05) is 12.5 Å². The van der Waals surface area contributed by atoms with Crippen LogP contribution < -0.4 is 20.4 Å². The first-order valence-corrected chi connectivity index (χ1v) is 9.87. The van der Waals surface area contributed by atoms with Crippen molar-refractivity contribution in [2.45, 2.75) is 19.4 Å². The van der Waals surface area contributed by atoms with Gasteiger partial charge in [-0.2, -0.15) is 0 Å². The molecular formula is C20H24FN5O2S. The van der Waals surface area contributed by atoms with E-state index in [9.17, 15) is 9.18 Å². The van der Waals surface area contributed by atoms with Crippen LogP contribution in [-0.2, 0) is 4.74 Å². The summed E-state index contributed by atoms with van der Waals surface area (Å²) in [5.41, 5.74) is 2.08. The summed E-state index contributed by atoms with van der Waals surface area (Å²) in [6.45, 7) is 11.1. The van der Waals surface area contributed by atoms with Crippen molar-refractivity contribution in [1.82, 2.24) is 10.6 Å². The molecule has 0 bridgehead atoms. The van der Waals surface area contributed by atoms with E-state index in [4.69, 9.17) is 23.5 Å². The van der Waals surface area contributed by atoms with Crippen LogP contribution in [-0.4, -0.2) is 50.5 Å². The second kappa shape index (κ2) is 9.09. The molecule has 2 saturated heterocycles. The van der Waals surface area contributed by atoms with Gasteiger partial charge in [0.05, 0.1) is 31.0 Å². The van der Waals surface area contributed by atoms with Crippen molar-refractivity contribution >= 4 is 34.8 Å². The van der Waals surface area contributed by atoms with Crippen LogP contribution >= 0.6 is 12.2 Å². The molecule has 1 amide bonds. The number of nitrogens with one attached hydrogen (secondary N) is 2. The van der Waals surface area contributed by atoms with Gasteiger partial charge in [0.15, 0.2) is 11.3 Å². The summed E-state index contributed by atoms with van der Waals surface area (Å²) in [6, 6.07) is 4.82. The van der Waals surface area contributed by atoms with Crippen LogP contribution in [0, 0.1) is 18.3 Å². The van der Waals surface area contributed by atoms with Gasteiger partial charge < -0.3 is 20.3 Å². The van der Waals surface area contributed by atoms with Gasteiger partial charge in [0.2, 0.25) is 0 Å². The molecular weight excluding hydrogens is 393 g/mol. The number of rotatable bonds is 4. The summed E-state index contributed by atoms with van der Waals surface area (Å²) >= 11 is 5.02. The van der Waals surface area contributed by atoms with E-state index in [1.165, 1.54) is 11.0 Å². The molecule has 1 unspecified atom stereocenters. The Morgan fingerprint density at radius 3 is 2.93 bits per heavy atom. The van der Waals surface area contributed by atoms with E-state index in [0.29, 0.717) is 42.7 Å². The third-order valence-electron chi connectivity index (χ3n) is 5.20. The Balaban J connectivity index is 1.67. The summed E-state index contributed by atoms with van der Waals surface area (Å²) in [5, 5.41) is 6.23. The van der Waals surface area contributed by atoms with Crippen LogP contribution in [0.4, 0.5) is 20.6 Å². The molecule has 2 heterocycles. The Kier molecular flexibility index (Phi) is 6.54. The number of amides is 1. The molecule has 0 saturated carbocycles. The molecule has 2 atom stereocenters. The number of cyclic esters (lactones) is 1. The number of carbonyl (C=O) groups excluding carboxylic acids is 1. The predicted octanol–water partition coefficient (Wildman–Crippen LogP) is 2.89. The average molecular weight is 418 g/mol. The highest BCUT2D eigenvalue weighted by Crippen LogP contribution is 2.32. The minimum atomic E-state index is -0.500. The first-order valence-electron chi connectivity index (χ1n) is 9.46. The third kappa shape index (κ3) is 4.77. The molecule has 2 aliphatic heterocycles. The molecule has 0 aliphatic carbocycles. The molecule has 3 rings (SSSR count). The summed E-state index contributed by atoms with van der Waals surface area (Å²) in [6.07, 6.45) is 1.45. The second-order valence-corrected chi connectivity index (χ2v) is 7.55. The van der Waals surface area contributed by atoms with E-state index in [-0.39, 0.29) is 17.8 Å². The number of thiocarbonyl (C=S) groups is 1. The summed E-state index contributed by atoms with van der Waals surface area (Å²) in [4.78, 5) is 19.0. The van der Waals surface area contributed by atoms with Gasteiger partial charge in [-0.15, -0.1) is 0 Å². The smallest absolute Gasteiger partial charge is 0.414 e. The van der Waals surface area contributed by atoms with Crippen LogP contribution in [0.3, 0.4) is 0 Å². The topological polar surface area (TPSA) is 61.2 Å². The van der Waals surface area contributed by atoms with Crippen molar-refractivity contribution in [2.75, 3.05) is 43.0 Å². The number of halogens is 1. The van der Waals surface area contributed by atoms with Crippen LogP contribution in [0.5, 0.6) is 0 Å². The Bertz CT molecular complexity index is 869. The lowest BCUT2D eigenvalue weighted by atomic mass is 9.93. The van der Waals surface area contributed by atoms with Crippen molar-refractivity contribution < 1.29 is 13.9 Å². The van der Waals surface area contributed by atoms with Crippen LogP contribution in [0.1, 0.15) is 13.3 Å². The minimum absolute atomic E-state index is 0.197. The highest BCUT2D eigenvalue weighted by Gasteiger charge is 2.33. The maximum atomic E-state index is 14.9. The Hall–Kier alpha value is -2.86. The van der Waals surface area contributed by atoms with E-state index in [1.54, 1.807) is 25.4 Å². The van der Waals surface area contributed by atoms with E-state index in [2.05, 4.69) is 15.5 Å². The summed E-state index contributed by atoms with van der Waals surface area (Å²) in [5.74, 6) is -0.180. The summed E-state index contributed by atoms with van der Waals surface area (Å²) < 4.78 is 20.2. The van der Waals surface area contributed by atoms with Crippen molar-refractivity contribution in [3.8, 4) is 0 Å². The molecule has 0 spiro atoms. The maximum absolute atomic E-state index is 14.9. The van der Waals surface area contributed by atoms with E-state index >= 15 is 0 Å². The fourth-order valence-electron chi connectivity index (χ4n) is 3.60. The fraction of sp³-hybridized carbons (Fsp3) is 0.450. The highest BCUT2D eigenvalue weighted by atomic mass is 32.1. The van der Waals surface area contributed by atoms with Crippen molar-refractivity contribution in [3.63, 3.8) is 0 Å². The number of hydrogen-bond donors (Lipinski definition) is 2. The van der Waals surface area contributed by atoms with Crippen LogP contribution in [0.15, 0.2) is 30.0 Å². The van der Waals surface area contributed by atoms with Gasteiger partial charge in [0.25, 0.3) is 0 Å². The maximum Gasteiger partial charge on any atom is 0.414 e. The van der Waals surface area contributed by atoms with Gasteiger partial charge in [0.1, 0.15) is 11.9 Å². The molecule has 2 fully saturated rings. The monoisotopic (exact) mass is 417 g/mol. The SMILES string of the molecule is [C-]#[N+]C=C1CCN(c2ccc(N3C[C@H](CNC(=S)NC)OC3=O)cc2F)CC1C. The fourth-order valence-corrected chi connectivity index (χ4v) is 3.68. The average Bonchev–Trinajstić information content (AvgIpc) is 3.08. The van der Waals surface area contributed by atoms with Gasteiger partial charge in [-0.25, -0.2) is 14.0 Å². The quantitative estimate of drug-likeness (QED) is 0.580. The Morgan fingerprint density at radius 1 is 1.48 bits per heavy atom.